The fourth-order valence-corrected chi connectivity index (χ4v) is 2.38. The Morgan fingerprint density at radius 1 is 1.08 bits per heavy atom. The number of amides is 1. The molecule has 7 nitrogen and oxygen atoms in total. The summed E-state index contributed by atoms with van der Waals surface area (Å²) in [6, 6.07) is 16.9. The van der Waals surface area contributed by atoms with Crippen LogP contribution >= 0.6 is 0 Å². The van der Waals surface area contributed by atoms with E-state index in [1.165, 1.54) is 0 Å². The van der Waals surface area contributed by atoms with Gasteiger partial charge in [-0.05, 0) is 18.2 Å². The zero-order valence-corrected chi connectivity index (χ0v) is 14.6. The molecule has 2 aromatic carbocycles. The molecule has 0 aliphatic heterocycles. The quantitative estimate of drug-likeness (QED) is 0.650. The standard InChI is InChI=1S/C19H19N3O4/c1-22(12-15-10-6-7-11-16(15)24-2)17(23)13-25-19-21-20-18(26-19)14-8-4-3-5-9-14/h3-11H,12-13H2,1-2H3. The number of carbonyl (C=O) groups excluding carboxylic acids is 1. The first-order valence-corrected chi connectivity index (χ1v) is 8.05. The fourth-order valence-electron chi connectivity index (χ4n) is 2.38. The molecule has 0 atom stereocenters. The summed E-state index contributed by atoms with van der Waals surface area (Å²) in [4.78, 5) is 13.8. The molecule has 3 rings (SSSR count). The zero-order valence-electron chi connectivity index (χ0n) is 14.6. The number of nitrogens with zero attached hydrogens (tertiary/aromatic N) is 3. The topological polar surface area (TPSA) is 77.7 Å². The number of ether oxygens (including phenoxy) is 2. The molecule has 0 N–H and O–H groups in total. The number of carbonyl (C=O) groups is 1. The van der Waals surface area contributed by atoms with Gasteiger partial charge < -0.3 is 18.8 Å². The van der Waals surface area contributed by atoms with Gasteiger partial charge in [0.1, 0.15) is 5.75 Å². The molecule has 0 bridgehead atoms. The Balaban J connectivity index is 1.56. The van der Waals surface area contributed by atoms with Gasteiger partial charge in [-0.3, -0.25) is 4.79 Å². The molecule has 1 heterocycles. The van der Waals surface area contributed by atoms with Crippen molar-refractivity contribution in [1.82, 2.24) is 15.1 Å². The molecule has 0 saturated carbocycles. The molecule has 7 heteroatoms. The number of para-hydroxylation sites is 1. The summed E-state index contributed by atoms with van der Waals surface area (Å²) < 4.78 is 16.0. The second-order valence-electron chi connectivity index (χ2n) is 5.59. The predicted octanol–water partition coefficient (Wildman–Crippen LogP) is 2.78. The molecule has 26 heavy (non-hydrogen) atoms. The van der Waals surface area contributed by atoms with Gasteiger partial charge in [0.2, 0.25) is 0 Å². The predicted molar refractivity (Wildman–Crippen MR) is 94.7 cm³/mol. The SMILES string of the molecule is COc1ccccc1CN(C)C(=O)COc1nnc(-c2ccccc2)o1. The van der Waals surface area contributed by atoms with Crippen molar-refractivity contribution in [2.24, 2.45) is 0 Å². The average Bonchev–Trinajstić information content (AvgIpc) is 3.16. The van der Waals surface area contributed by atoms with Gasteiger partial charge in [-0.25, -0.2) is 0 Å². The van der Waals surface area contributed by atoms with Crippen LogP contribution in [0.1, 0.15) is 5.56 Å². The first-order valence-electron chi connectivity index (χ1n) is 8.05. The van der Waals surface area contributed by atoms with Crippen LogP contribution < -0.4 is 9.47 Å². The van der Waals surface area contributed by atoms with Crippen LogP contribution in [0.4, 0.5) is 0 Å². The lowest BCUT2D eigenvalue weighted by atomic mass is 10.2. The summed E-state index contributed by atoms with van der Waals surface area (Å²) in [6.45, 7) is 0.216. The van der Waals surface area contributed by atoms with Gasteiger partial charge in [0.25, 0.3) is 11.8 Å². The summed E-state index contributed by atoms with van der Waals surface area (Å²) >= 11 is 0. The lowest BCUT2D eigenvalue weighted by molar-refractivity contribution is -0.133. The Labute approximate surface area is 151 Å². The molecule has 1 aromatic heterocycles. The molecule has 0 saturated heterocycles. The van der Waals surface area contributed by atoms with E-state index >= 15 is 0 Å². The van der Waals surface area contributed by atoms with E-state index in [0.717, 1.165) is 16.9 Å². The van der Waals surface area contributed by atoms with E-state index < -0.39 is 0 Å². The van der Waals surface area contributed by atoms with Crippen LogP contribution in [0.25, 0.3) is 11.5 Å². The fraction of sp³-hybridized carbons (Fsp3) is 0.211. The van der Waals surface area contributed by atoms with Gasteiger partial charge in [0, 0.05) is 24.7 Å². The Kier molecular flexibility index (Phi) is 5.48. The van der Waals surface area contributed by atoms with Crippen molar-refractivity contribution in [3.8, 4) is 23.3 Å². The minimum absolute atomic E-state index is 0.0390. The molecule has 3 aromatic rings. The molecular weight excluding hydrogens is 334 g/mol. The van der Waals surface area contributed by atoms with E-state index in [9.17, 15) is 4.79 Å². The highest BCUT2D eigenvalue weighted by Crippen LogP contribution is 2.21. The van der Waals surface area contributed by atoms with Gasteiger partial charge >= 0.3 is 6.08 Å². The number of likely N-dealkylation sites (N-methyl/N-ethyl adjacent to an activating group) is 1. The second-order valence-corrected chi connectivity index (χ2v) is 5.59. The van der Waals surface area contributed by atoms with Crippen molar-refractivity contribution >= 4 is 5.91 Å². The zero-order chi connectivity index (χ0) is 18.4. The normalized spacial score (nSPS) is 10.4. The largest absolute Gasteiger partial charge is 0.496 e. The van der Waals surface area contributed by atoms with E-state index in [2.05, 4.69) is 10.2 Å². The van der Waals surface area contributed by atoms with Crippen LogP contribution in [-0.2, 0) is 11.3 Å². The minimum Gasteiger partial charge on any atom is -0.496 e. The van der Waals surface area contributed by atoms with E-state index in [1.807, 2.05) is 54.6 Å². The van der Waals surface area contributed by atoms with Crippen molar-refractivity contribution in [3.05, 3.63) is 60.2 Å². The smallest absolute Gasteiger partial charge is 0.415 e. The molecule has 134 valence electrons. The van der Waals surface area contributed by atoms with Crippen molar-refractivity contribution in [2.75, 3.05) is 20.8 Å². The van der Waals surface area contributed by atoms with Gasteiger partial charge in [-0.2, -0.15) is 0 Å². The van der Waals surface area contributed by atoms with Gasteiger partial charge in [-0.15, -0.1) is 5.10 Å². The number of benzene rings is 2. The molecule has 0 radical (unpaired) electrons. The molecule has 0 spiro atoms. The van der Waals surface area contributed by atoms with E-state index in [0.29, 0.717) is 12.4 Å². The summed E-state index contributed by atoms with van der Waals surface area (Å²) in [5.74, 6) is 0.864. The maximum atomic E-state index is 12.3. The van der Waals surface area contributed by atoms with Crippen molar-refractivity contribution in [1.29, 1.82) is 0 Å². The molecule has 0 fully saturated rings. The van der Waals surface area contributed by atoms with Gasteiger partial charge in [0.05, 0.1) is 7.11 Å². The number of rotatable bonds is 7. The number of hydrogen-bond acceptors (Lipinski definition) is 6. The Hall–Kier alpha value is -3.35. The number of hydrogen-bond donors (Lipinski definition) is 0. The third-order valence-corrected chi connectivity index (χ3v) is 3.77. The van der Waals surface area contributed by atoms with Crippen LogP contribution in [0, 0.1) is 0 Å². The van der Waals surface area contributed by atoms with Crippen LogP contribution in [-0.4, -0.2) is 41.8 Å². The third kappa shape index (κ3) is 4.18. The maximum absolute atomic E-state index is 12.3. The van der Waals surface area contributed by atoms with E-state index in [-0.39, 0.29) is 18.6 Å². The third-order valence-electron chi connectivity index (χ3n) is 3.77. The van der Waals surface area contributed by atoms with Crippen LogP contribution in [0.3, 0.4) is 0 Å². The van der Waals surface area contributed by atoms with Crippen molar-refractivity contribution in [2.45, 2.75) is 6.54 Å². The lowest BCUT2D eigenvalue weighted by Gasteiger charge is -2.18. The van der Waals surface area contributed by atoms with E-state index in [1.54, 1.807) is 19.1 Å². The molecule has 0 unspecified atom stereocenters. The summed E-state index contributed by atoms with van der Waals surface area (Å²) in [6.07, 6.45) is -0.0390. The van der Waals surface area contributed by atoms with Gasteiger partial charge in [0.15, 0.2) is 6.61 Å². The first-order chi connectivity index (χ1) is 12.7. The minimum atomic E-state index is -0.213. The van der Waals surface area contributed by atoms with Crippen molar-refractivity contribution in [3.63, 3.8) is 0 Å². The van der Waals surface area contributed by atoms with Crippen LogP contribution in [0.15, 0.2) is 59.0 Å². The van der Waals surface area contributed by atoms with Gasteiger partial charge in [-0.1, -0.05) is 41.5 Å². The van der Waals surface area contributed by atoms with E-state index in [4.69, 9.17) is 13.9 Å². The molecule has 0 aliphatic rings. The second kappa shape index (κ2) is 8.15. The van der Waals surface area contributed by atoms with Crippen molar-refractivity contribution < 1.29 is 18.7 Å². The summed E-state index contributed by atoms with van der Waals surface area (Å²) in [7, 11) is 3.30. The highest BCUT2D eigenvalue weighted by atomic mass is 16.6. The molecule has 1 amide bonds. The molecule has 0 aliphatic carbocycles. The summed E-state index contributed by atoms with van der Waals surface area (Å²) in [5, 5.41) is 7.72. The Bertz CT molecular complexity index is 864. The Morgan fingerprint density at radius 2 is 1.81 bits per heavy atom. The van der Waals surface area contributed by atoms with Crippen LogP contribution in [0.5, 0.6) is 11.8 Å². The lowest BCUT2D eigenvalue weighted by Crippen LogP contribution is -2.31. The number of aromatic nitrogens is 2. The average molecular weight is 353 g/mol. The Morgan fingerprint density at radius 3 is 2.58 bits per heavy atom. The highest BCUT2D eigenvalue weighted by molar-refractivity contribution is 5.77. The first kappa shape index (κ1) is 17.5. The monoisotopic (exact) mass is 353 g/mol. The molecular formula is C19H19N3O4. The maximum Gasteiger partial charge on any atom is 0.415 e. The highest BCUT2D eigenvalue weighted by Gasteiger charge is 2.15. The summed E-state index contributed by atoms with van der Waals surface area (Å²) in [5.41, 5.74) is 1.70. The van der Waals surface area contributed by atoms with Crippen LogP contribution in [0.2, 0.25) is 0 Å². The number of methoxy groups -OCH3 is 1.